The SMILES string of the molecule is F[B-](F)(F)/C=C1\CC2CCC1C2.[K+]. The summed E-state index contributed by atoms with van der Waals surface area (Å²) in [6.45, 7) is -4.69. The first kappa shape index (κ1) is 12.3. The van der Waals surface area contributed by atoms with Gasteiger partial charge in [-0.25, -0.2) is 0 Å². The predicted octanol–water partition coefficient (Wildman–Crippen LogP) is 0.123. The number of halogens is 3. The van der Waals surface area contributed by atoms with Gasteiger partial charge in [0.25, 0.3) is 0 Å². The van der Waals surface area contributed by atoms with E-state index in [0.717, 1.165) is 19.3 Å². The van der Waals surface area contributed by atoms with Gasteiger partial charge >= 0.3 is 58.4 Å². The summed E-state index contributed by atoms with van der Waals surface area (Å²) >= 11 is 0. The Hall–Kier alpha value is 1.23. The molecule has 2 unspecified atom stereocenters. The number of fused-ring (bicyclic) bond motifs is 2. The number of hydrogen-bond donors (Lipinski definition) is 0. The Morgan fingerprint density at radius 3 is 2.31 bits per heavy atom. The topological polar surface area (TPSA) is 0 Å². The summed E-state index contributed by atoms with van der Waals surface area (Å²) in [6, 6.07) is 0. The van der Waals surface area contributed by atoms with Crippen LogP contribution in [0.4, 0.5) is 12.9 Å². The molecular weight excluding hydrogens is 203 g/mol. The molecule has 2 aliphatic rings. The van der Waals surface area contributed by atoms with Gasteiger partial charge in [-0.1, -0.05) is 0 Å². The van der Waals surface area contributed by atoms with Gasteiger partial charge in [-0.05, 0) is 37.5 Å². The monoisotopic (exact) mass is 214 g/mol. The van der Waals surface area contributed by atoms with E-state index >= 15 is 0 Å². The number of allylic oxidation sites excluding steroid dienone is 1. The van der Waals surface area contributed by atoms with Crippen molar-refractivity contribution in [2.24, 2.45) is 11.8 Å². The number of rotatable bonds is 1. The largest absolute Gasteiger partial charge is 1.00 e. The molecule has 2 fully saturated rings. The predicted molar refractivity (Wildman–Crippen MR) is 42.6 cm³/mol. The summed E-state index contributed by atoms with van der Waals surface area (Å²) in [5, 5.41) is 0. The van der Waals surface area contributed by atoms with Crippen LogP contribution in [0.15, 0.2) is 11.5 Å². The van der Waals surface area contributed by atoms with Crippen LogP contribution >= 0.6 is 0 Å². The molecule has 0 nitrogen and oxygen atoms in total. The fourth-order valence-electron chi connectivity index (χ4n) is 2.54. The summed E-state index contributed by atoms with van der Waals surface area (Å²) in [6.07, 6.45) is 3.86. The molecule has 68 valence electrons. The summed E-state index contributed by atoms with van der Waals surface area (Å²) in [4.78, 5) is 0. The van der Waals surface area contributed by atoms with E-state index in [1.165, 1.54) is 0 Å². The van der Waals surface area contributed by atoms with Gasteiger partial charge in [-0.2, -0.15) is 0 Å². The van der Waals surface area contributed by atoms with Crippen molar-refractivity contribution in [2.45, 2.75) is 25.7 Å². The molecule has 0 aliphatic heterocycles. The van der Waals surface area contributed by atoms with E-state index in [1.807, 2.05) is 0 Å². The molecular formula is C8H11BF3K. The van der Waals surface area contributed by atoms with Gasteiger partial charge in [-0.15, -0.1) is 11.5 Å². The van der Waals surface area contributed by atoms with Crippen LogP contribution in [-0.2, 0) is 0 Å². The molecule has 0 amide bonds. The summed E-state index contributed by atoms with van der Waals surface area (Å²) in [5.41, 5.74) is 0.679. The summed E-state index contributed by atoms with van der Waals surface area (Å²) in [5.74, 6) is 1.43. The van der Waals surface area contributed by atoms with Crippen molar-refractivity contribution >= 4 is 6.98 Å². The Bertz CT molecular complexity index is 224. The Morgan fingerprint density at radius 2 is 1.92 bits per heavy atom. The van der Waals surface area contributed by atoms with Crippen molar-refractivity contribution in [3.8, 4) is 0 Å². The molecule has 0 spiro atoms. The minimum atomic E-state index is -4.69. The summed E-state index contributed by atoms with van der Waals surface area (Å²) in [7, 11) is 0. The molecule has 0 N–H and O–H groups in total. The Balaban J connectivity index is 0.000000845. The molecule has 0 saturated heterocycles. The van der Waals surface area contributed by atoms with Crippen LogP contribution in [0.25, 0.3) is 0 Å². The Morgan fingerprint density at radius 1 is 1.23 bits per heavy atom. The zero-order valence-electron chi connectivity index (χ0n) is 7.77. The van der Waals surface area contributed by atoms with Crippen LogP contribution in [0, 0.1) is 11.8 Å². The molecule has 0 aromatic rings. The van der Waals surface area contributed by atoms with E-state index < -0.39 is 6.98 Å². The second-order valence-corrected chi connectivity index (χ2v) is 3.95. The van der Waals surface area contributed by atoms with Crippen LogP contribution in [0.2, 0.25) is 0 Å². The molecule has 2 rings (SSSR count). The van der Waals surface area contributed by atoms with E-state index in [0.29, 0.717) is 23.9 Å². The number of hydrogen-bond acceptors (Lipinski definition) is 0. The van der Waals surface area contributed by atoms with Crippen molar-refractivity contribution in [3.63, 3.8) is 0 Å². The zero-order chi connectivity index (χ0) is 8.77. The quantitative estimate of drug-likeness (QED) is 0.544. The molecule has 2 saturated carbocycles. The average Bonchev–Trinajstić information content (AvgIpc) is 2.42. The van der Waals surface area contributed by atoms with Crippen molar-refractivity contribution < 1.29 is 64.3 Å². The van der Waals surface area contributed by atoms with Crippen LogP contribution in [-0.4, -0.2) is 6.98 Å². The molecule has 0 aromatic carbocycles. The average molecular weight is 214 g/mol. The van der Waals surface area contributed by atoms with E-state index in [-0.39, 0.29) is 57.3 Å². The second-order valence-electron chi connectivity index (χ2n) is 3.95. The molecule has 0 heterocycles. The minimum absolute atomic E-state index is 0. The van der Waals surface area contributed by atoms with E-state index in [2.05, 4.69) is 0 Å². The van der Waals surface area contributed by atoms with Crippen LogP contribution in [0.1, 0.15) is 25.7 Å². The smallest absolute Gasteiger partial charge is 0.445 e. The van der Waals surface area contributed by atoms with Gasteiger partial charge in [0.05, 0.1) is 0 Å². The van der Waals surface area contributed by atoms with E-state index in [9.17, 15) is 12.9 Å². The normalized spacial score (nSPS) is 35.2. The minimum Gasteiger partial charge on any atom is -0.445 e. The van der Waals surface area contributed by atoms with Gasteiger partial charge in [0.2, 0.25) is 0 Å². The van der Waals surface area contributed by atoms with Crippen LogP contribution < -0.4 is 51.4 Å². The third-order valence-corrected chi connectivity index (χ3v) is 2.99. The molecule has 2 bridgehead atoms. The first-order chi connectivity index (χ1) is 5.54. The third kappa shape index (κ3) is 3.09. The first-order valence-corrected chi connectivity index (χ1v) is 4.46. The maximum Gasteiger partial charge on any atom is 1.00 e. The van der Waals surface area contributed by atoms with Crippen molar-refractivity contribution in [2.75, 3.05) is 0 Å². The van der Waals surface area contributed by atoms with Gasteiger partial charge < -0.3 is 12.9 Å². The van der Waals surface area contributed by atoms with Crippen molar-refractivity contribution in [1.82, 2.24) is 0 Å². The molecule has 13 heavy (non-hydrogen) atoms. The van der Waals surface area contributed by atoms with Crippen molar-refractivity contribution in [1.29, 1.82) is 0 Å². The second kappa shape index (κ2) is 4.39. The van der Waals surface area contributed by atoms with Gasteiger partial charge in [0.15, 0.2) is 0 Å². The molecule has 0 radical (unpaired) electrons. The van der Waals surface area contributed by atoms with Crippen LogP contribution in [0.5, 0.6) is 0 Å². The standard InChI is InChI=1S/C8H11BF3.K/c10-9(11,12)5-8-4-6-1-2-7(8)3-6;/h5-7H,1-4H2;/q-1;+1/b8-5+;. The maximum atomic E-state index is 12.0. The molecule has 0 aromatic heterocycles. The van der Waals surface area contributed by atoms with Gasteiger partial charge in [-0.3, -0.25) is 0 Å². The third-order valence-electron chi connectivity index (χ3n) is 2.99. The Kier molecular flexibility index (Phi) is 4.16. The Labute approximate surface area is 119 Å². The molecule has 5 heteroatoms. The fraction of sp³-hybridized carbons (Fsp3) is 0.750. The first-order valence-electron chi connectivity index (χ1n) is 4.46. The molecule has 2 aliphatic carbocycles. The van der Waals surface area contributed by atoms with Crippen molar-refractivity contribution in [3.05, 3.63) is 11.5 Å². The van der Waals surface area contributed by atoms with E-state index in [4.69, 9.17) is 0 Å². The maximum absolute atomic E-state index is 12.0. The van der Waals surface area contributed by atoms with Gasteiger partial charge in [0, 0.05) is 0 Å². The summed E-state index contributed by atoms with van der Waals surface area (Å²) < 4.78 is 36.1. The van der Waals surface area contributed by atoms with Crippen LogP contribution in [0.3, 0.4) is 0 Å². The molecule has 2 atom stereocenters. The zero-order valence-corrected chi connectivity index (χ0v) is 10.9. The van der Waals surface area contributed by atoms with Gasteiger partial charge in [0.1, 0.15) is 0 Å². The van der Waals surface area contributed by atoms with E-state index in [1.54, 1.807) is 0 Å². The fourth-order valence-corrected chi connectivity index (χ4v) is 2.54.